The Morgan fingerprint density at radius 2 is 2.00 bits per heavy atom. The molecule has 0 saturated heterocycles. The summed E-state index contributed by atoms with van der Waals surface area (Å²) >= 11 is 0. The lowest BCUT2D eigenvalue weighted by atomic mass is 10.1. The van der Waals surface area contributed by atoms with E-state index in [0.29, 0.717) is 19.8 Å². The van der Waals surface area contributed by atoms with Gasteiger partial charge in [-0.1, -0.05) is 31.2 Å². The average molecular weight is 344 g/mol. The van der Waals surface area contributed by atoms with Crippen molar-refractivity contribution in [2.24, 2.45) is 4.99 Å². The van der Waals surface area contributed by atoms with Crippen molar-refractivity contribution in [1.82, 2.24) is 25.4 Å². The molecule has 0 aliphatic heterocycles. The van der Waals surface area contributed by atoms with E-state index in [1.165, 1.54) is 11.1 Å². The number of aryl methyl sites for hydroxylation is 1. The molecule has 0 bridgehead atoms. The van der Waals surface area contributed by atoms with Crippen LogP contribution >= 0.6 is 0 Å². The molecule has 0 aliphatic rings. The number of benzene rings is 1. The minimum Gasteiger partial charge on any atom is -0.377 e. The fraction of sp³-hybridized carbons (Fsp3) is 0.500. The number of aliphatic imine (C=N–C) groups is 1. The van der Waals surface area contributed by atoms with Gasteiger partial charge in [-0.3, -0.25) is 4.99 Å². The molecule has 7 nitrogen and oxygen atoms in total. The second-order valence-electron chi connectivity index (χ2n) is 5.55. The van der Waals surface area contributed by atoms with E-state index in [4.69, 9.17) is 4.74 Å². The van der Waals surface area contributed by atoms with Gasteiger partial charge in [-0.15, -0.1) is 10.2 Å². The van der Waals surface area contributed by atoms with Crippen molar-refractivity contribution in [3.63, 3.8) is 0 Å². The molecule has 136 valence electrons. The van der Waals surface area contributed by atoms with E-state index in [2.05, 4.69) is 49.4 Å². The van der Waals surface area contributed by atoms with E-state index >= 15 is 0 Å². The number of rotatable bonds is 9. The monoisotopic (exact) mass is 344 g/mol. The third kappa shape index (κ3) is 5.86. The van der Waals surface area contributed by atoms with Gasteiger partial charge < -0.3 is 19.9 Å². The summed E-state index contributed by atoms with van der Waals surface area (Å²) < 4.78 is 7.59. The number of aromatic nitrogens is 3. The number of nitrogens with zero attached hydrogens (tertiary/aromatic N) is 4. The lowest BCUT2D eigenvalue weighted by Gasteiger charge is -2.14. The highest BCUT2D eigenvalue weighted by atomic mass is 16.5. The van der Waals surface area contributed by atoms with Gasteiger partial charge in [-0.05, 0) is 18.1 Å². The first kappa shape index (κ1) is 18.9. The predicted octanol–water partition coefficient (Wildman–Crippen LogP) is 1.74. The van der Waals surface area contributed by atoms with E-state index in [0.717, 1.165) is 31.3 Å². The Bertz CT molecular complexity index is 667. The maximum Gasteiger partial charge on any atom is 0.191 e. The highest BCUT2D eigenvalue weighted by molar-refractivity contribution is 5.79. The molecule has 0 radical (unpaired) electrons. The average Bonchev–Trinajstić information content (AvgIpc) is 3.11. The number of hydrogen-bond donors (Lipinski definition) is 2. The Labute approximate surface area is 149 Å². The molecule has 0 fully saturated rings. The van der Waals surface area contributed by atoms with Crippen molar-refractivity contribution in [2.75, 3.05) is 20.2 Å². The van der Waals surface area contributed by atoms with E-state index in [-0.39, 0.29) is 0 Å². The maximum atomic E-state index is 5.53. The zero-order valence-electron chi connectivity index (χ0n) is 15.3. The van der Waals surface area contributed by atoms with Crippen LogP contribution in [-0.4, -0.2) is 40.9 Å². The van der Waals surface area contributed by atoms with Crippen LogP contribution < -0.4 is 10.6 Å². The van der Waals surface area contributed by atoms with E-state index < -0.39 is 0 Å². The molecule has 0 atom stereocenters. The number of guanidine groups is 1. The summed E-state index contributed by atoms with van der Waals surface area (Å²) in [5.41, 5.74) is 2.41. The Morgan fingerprint density at radius 1 is 1.20 bits per heavy atom. The summed E-state index contributed by atoms with van der Waals surface area (Å²) in [5.74, 6) is 1.77. The molecule has 1 aromatic heterocycles. The lowest BCUT2D eigenvalue weighted by molar-refractivity contribution is 0.133. The highest BCUT2D eigenvalue weighted by Gasteiger charge is 2.05. The summed E-state index contributed by atoms with van der Waals surface area (Å²) in [6, 6.07) is 8.29. The first-order valence-electron chi connectivity index (χ1n) is 8.74. The van der Waals surface area contributed by atoms with Crippen molar-refractivity contribution in [2.45, 2.75) is 40.0 Å². The van der Waals surface area contributed by atoms with Gasteiger partial charge in [0.15, 0.2) is 5.96 Å². The zero-order chi connectivity index (χ0) is 17.9. The molecule has 25 heavy (non-hydrogen) atoms. The lowest BCUT2D eigenvalue weighted by Crippen LogP contribution is -2.38. The highest BCUT2D eigenvalue weighted by Crippen LogP contribution is 2.09. The fourth-order valence-corrected chi connectivity index (χ4v) is 2.52. The summed E-state index contributed by atoms with van der Waals surface area (Å²) in [6.45, 7) is 7.70. The van der Waals surface area contributed by atoms with Crippen LogP contribution in [-0.2, 0) is 30.9 Å². The fourth-order valence-electron chi connectivity index (χ4n) is 2.52. The van der Waals surface area contributed by atoms with Crippen LogP contribution in [0.4, 0.5) is 0 Å². The minimum absolute atomic E-state index is 0.633. The maximum absolute atomic E-state index is 5.53. The van der Waals surface area contributed by atoms with Crippen molar-refractivity contribution >= 4 is 5.96 Å². The van der Waals surface area contributed by atoms with Gasteiger partial charge in [-0.2, -0.15) is 0 Å². The Morgan fingerprint density at radius 3 is 2.72 bits per heavy atom. The smallest absolute Gasteiger partial charge is 0.191 e. The van der Waals surface area contributed by atoms with Gasteiger partial charge in [0.25, 0.3) is 0 Å². The van der Waals surface area contributed by atoms with Crippen molar-refractivity contribution < 1.29 is 4.74 Å². The predicted molar refractivity (Wildman–Crippen MR) is 99.4 cm³/mol. The van der Waals surface area contributed by atoms with Gasteiger partial charge >= 0.3 is 0 Å². The first-order chi connectivity index (χ1) is 12.3. The molecule has 1 aromatic carbocycles. The molecule has 2 rings (SSSR count). The second-order valence-corrected chi connectivity index (χ2v) is 5.55. The molecule has 0 spiro atoms. The van der Waals surface area contributed by atoms with Crippen LogP contribution in [0, 0.1) is 0 Å². The summed E-state index contributed by atoms with van der Waals surface area (Å²) in [5, 5.41) is 14.7. The summed E-state index contributed by atoms with van der Waals surface area (Å²) in [4.78, 5) is 4.28. The van der Waals surface area contributed by atoms with Crippen LogP contribution in [0.25, 0.3) is 0 Å². The third-order valence-corrected chi connectivity index (χ3v) is 3.91. The quantitative estimate of drug-likeness (QED) is 0.535. The van der Waals surface area contributed by atoms with Crippen LogP contribution in [0.5, 0.6) is 0 Å². The topological polar surface area (TPSA) is 76.4 Å². The molecule has 7 heteroatoms. The molecule has 0 amide bonds. The number of ether oxygens (including phenoxy) is 1. The minimum atomic E-state index is 0.633. The third-order valence-electron chi connectivity index (χ3n) is 3.91. The summed E-state index contributed by atoms with van der Waals surface area (Å²) in [6.07, 6.45) is 2.64. The van der Waals surface area contributed by atoms with E-state index in [9.17, 15) is 0 Å². The van der Waals surface area contributed by atoms with Crippen LogP contribution in [0.2, 0.25) is 0 Å². The molecular weight excluding hydrogens is 316 g/mol. The van der Waals surface area contributed by atoms with E-state index in [1.54, 1.807) is 13.4 Å². The van der Waals surface area contributed by atoms with Gasteiger partial charge in [0, 0.05) is 39.7 Å². The van der Waals surface area contributed by atoms with Crippen molar-refractivity contribution in [3.8, 4) is 0 Å². The van der Waals surface area contributed by atoms with Crippen LogP contribution in [0.3, 0.4) is 0 Å². The zero-order valence-corrected chi connectivity index (χ0v) is 15.3. The molecule has 1 heterocycles. The van der Waals surface area contributed by atoms with Crippen LogP contribution in [0.15, 0.2) is 35.6 Å². The second kappa shape index (κ2) is 10.5. The standard InChI is InChI=1S/C18H28N6O/c1-4-17-23-22-14-24(17)11-10-20-18(19-3)21-12-15-8-6-7-9-16(15)13-25-5-2/h6-9,14H,4-5,10-13H2,1-3H3,(H2,19,20,21). The van der Waals surface area contributed by atoms with Crippen LogP contribution in [0.1, 0.15) is 30.8 Å². The Hall–Kier alpha value is -2.41. The number of hydrogen-bond acceptors (Lipinski definition) is 4. The van der Waals surface area contributed by atoms with Gasteiger partial charge in [0.2, 0.25) is 0 Å². The van der Waals surface area contributed by atoms with Gasteiger partial charge in [0.1, 0.15) is 12.2 Å². The molecule has 0 aliphatic carbocycles. The Kier molecular flexibility index (Phi) is 7.91. The molecular formula is C18H28N6O. The van der Waals surface area contributed by atoms with Gasteiger partial charge in [-0.25, -0.2) is 0 Å². The summed E-state index contributed by atoms with van der Waals surface area (Å²) in [7, 11) is 1.78. The molecule has 0 unspecified atom stereocenters. The number of nitrogens with one attached hydrogen (secondary N) is 2. The van der Waals surface area contributed by atoms with Crippen molar-refractivity contribution in [3.05, 3.63) is 47.5 Å². The van der Waals surface area contributed by atoms with Crippen molar-refractivity contribution in [1.29, 1.82) is 0 Å². The molecule has 0 saturated carbocycles. The Balaban J connectivity index is 1.82. The first-order valence-corrected chi connectivity index (χ1v) is 8.74. The molecule has 2 aromatic rings. The SMILES string of the molecule is CCOCc1ccccc1CNC(=NC)NCCn1cnnc1CC. The van der Waals surface area contributed by atoms with Gasteiger partial charge in [0.05, 0.1) is 6.61 Å². The molecule has 2 N–H and O–H groups in total. The normalized spacial score (nSPS) is 11.6. The van der Waals surface area contributed by atoms with E-state index in [1.807, 2.05) is 19.1 Å². The largest absolute Gasteiger partial charge is 0.377 e.